The Bertz CT molecular complexity index is 1470. The normalized spacial score (nSPS) is 25.1. The Balaban J connectivity index is 1.41. The van der Waals surface area contributed by atoms with Crippen LogP contribution < -0.4 is 4.74 Å². The van der Waals surface area contributed by atoms with Crippen LogP contribution in [0.15, 0.2) is 42.5 Å². The van der Waals surface area contributed by atoms with E-state index in [1.54, 1.807) is 24.3 Å². The molecule has 0 aromatic heterocycles. The molecule has 15 nitrogen and oxygen atoms in total. The lowest BCUT2D eigenvalue weighted by atomic mass is 9.90. The number of imide groups is 1. The van der Waals surface area contributed by atoms with Crippen molar-refractivity contribution in [2.45, 2.75) is 36.6 Å². The SMILES string of the molecule is COc1ccc(COC(=O)C2N3C(=O)C(N4C(=O)c5cccc([N+](=O)[O-])c5C4=O)[C@@H]3SC[C@@]2(C)O[N+](=O)[O-])cc1. The molecule has 2 aromatic rings. The van der Waals surface area contributed by atoms with Gasteiger partial charge in [0, 0.05) is 11.8 Å². The number of fused-ring (bicyclic) bond motifs is 2. The number of carbonyl (C=O) groups excluding carboxylic acids is 4. The zero-order chi connectivity index (χ0) is 28.9. The predicted molar refractivity (Wildman–Crippen MR) is 134 cm³/mol. The van der Waals surface area contributed by atoms with Gasteiger partial charge < -0.3 is 19.2 Å². The van der Waals surface area contributed by atoms with Crippen LogP contribution in [0.2, 0.25) is 0 Å². The van der Waals surface area contributed by atoms with Crippen LogP contribution >= 0.6 is 11.8 Å². The highest BCUT2D eigenvalue weighted by Crippen LogP contribution is 2.47. The molecule has 40 heavy (non-hydrogen) atoms. The number of rotatable bonds is 8. The molecule has 2 aromatic carbocycles. The van der Waals surface area contributed by atoms with Crippen molar-refractivity contribution in [1.29, 1.82) is 0 Å². The molecule has 0 aliphatic carbocycles. The number of amides is 3. The first-order valence-corrected chi connectivity index (χ1v) is 12.8. The Morgan fingerprint density at radius 1 is 1.10 bits per heavy atom. The predicted octanol–water partition coefficient (Wildman–Crippen LogP) is 1.56. The number of thioether (sulfide) groups is 1. The number of ether oxygens (including phenoxy) is 2. The number of nitrogens with zero attached hydrogens (tertiary/aromatic N) is 4. The Hall–Kier alpha value is -4.73. The number of esters is 1. The van der Waals surface area contributed by atoms with E-state index in [-0.39, 0.29) is 17.9 Å². The minimum Gasteiger partial charge on any atom is -0.497 e. The number of hydrogen-bond donors (Lipinski definition) is 0. The third-order valence-electron chi connectivity index (χ3n) is 6.89. The molecule has 3 aliphatic heterocycles. The second-order valence-electron chi connectivity index (χ2n) is 9.31. The Morgan fingerprint density at radius 2 is 1.80 bits per heavy atom. The van der Waals surface area contributed by atoms with Crippen molar-refractivity contribution in [1.82, 2.24) is 9.80 Å². The van der Waals surface area contributed by atoms with Gasteiger partial charge in [0.25, 0.3) is 28.5 Å². The summed E-state index contributed by atoms with van der Waals surface area (Å²) in [5.41, 5.74) is -2.47. The number of hydrogen-bond acceptors (Lipinski definition) is 12. The summed E-state index contributed by atoms with van der Waals surface area (Å²) in [6, 6.07) is 7.18. The molecule has 0 N–H and O–H groups in total. The molecule has 3 heterocycles. The second kappa shape index (κ2) is 9.78. The zero-order valence-electron chi connectivity index (χ0n) is 20.9. The van der Waals surface area contributed by atoms with Crippen LogP contribution in [-0.2, 0) is 25.8 Å². The van der Waals surface area contributed by atoms with Crippen LogP contribution in [0.1, 0.15) is 33.2 Å². The quantitative estimate of drug-likeness (QED) is 0.146. The van der Waals surface area contributed by atoms with Crippen molar-refractivity contribution in [3.63, 3.8) is 0 Å². The maximum Gasteiger partial charge on any atom is 0.331 e. The number of nitro benzene ring substituents is 1. The van der Waals surface area contributed by atoms with E-state index in [0.29, 0.717) is 16.2 Å². The van der Waals surface area contributed by atoms with Crippen molar-refractivity contribution in [2.24, 2.45) is 0 Å². The van der Waals surface area contributed by atoms with Gasteiger partial charge in [-0.2, -0.15) is 0 Å². The first-order valence-electron chi connectivity index (χ1n) is 11.7. The molecule has 0 bridgehead atoms. The average molecular weight is 573 g/mol. The summed E-state index contributed by atoms with van der Waals surface area (Å²) in [5, 5.41) is 20.7. The van der Waals surface area contributed by atoms with Gasteiger partial charge in [0.05, 0.1) is 17.6 Å². The highest BCUT2D eigenvalue weighted by molar-refractivity contribution is 8.00. The lowest BCUT2D eigenvalue weighted by molar-refractivity contribution is -0.779. The third-order valence-corrected chi connectivity index (χ3v) is 8.46. The van der Waals surface area contributed by atoms with Gasteiger partial charge in [-0.1, -0.05) is 18.2 Å². The Labute approximate surface area is 229 Å². The van der Waals surface area contributed by atoms with Crippen molar-refractivity contribution >= 4 is 41.1 Å². The minimum absolute atomic E-state index is 0.176. The summed E-state index contributed by atoms with van der Waals surface area (Å²) in [6.07, 6.45) is 0. The monoisotopic (exact) mass is 572 g/mol. The van der Waals surface area contributed by atoms with E-state index in [2.05, 4.69) is 0 Å². The van der Waals surface area contributed by atoms with E-state index in [1.807, 2.05) is 0 Å². The van der Waals surface area contributed by atoms with Gasteiger partial charge in [-0.25, -0.2) is 4.79 Å². The van der Waals surface area contributed by atoms with Crippen LogP contribution in [0.5, 0.6) is 5.75 Å². The summed E-state index contributed by atoms with van der Waals surface area (Å²) >= 11 is 0.968. The summed E-state index contributed by atoms with van der Waals surface area (Å²) < 4.78 is 10.5. The maximum atomic E-state index is 13.5. The van der Waals surface area contributed by atoms with Crippen molar-refractivity contribution in [2.75, 3.05) is 12.9 Å². The molecule has 0 radical (unpaired) electrons. The smallest absolute Gasteiger partial charge is 0.331 e. The van der Waals surface area contributed by atoms with Crippen molar-refractivity contribution in [3.05, 3.63) is 79.4 Å². The van der Waals surface area contributed by atoms with Gasteiger partial charge in [0.1, 0.15) is 29.3 Å². The molecule has 4 atom stereocenters. The van der Waals surface area contributed by atoms with E-state index >= 15 is 0 Å². The molecular weight excluding hydrogens is 552 g/mol. The zero-order valence-corrected chi connectivity index (χ0v) is 21.7. The second-order valence-corrected chi connectivity index (χ2v) is 10.4. The number of methoxy groups -OCH3 is 1. The molecule has 3 aliphatic rings. The average Bonchev–Trinajstić information content (AvgIpc) is 3.16. The lowest BCUT2D eigenvalue weighted by Gasteiger charge is -2.57. The van der Waals surface area contributed by atoms with E-state index in [4.69, 9.17) is 14.3 Å². The topological polar surface area (TPSA) is 189 Å². The molecule has 5 rings (SSSR count). The first-order chi connectivity index (χ1) is 19.0. The number of β-lactam (4-membered cyclic amide) rings is 1. The fourth-order valence-corrected chi connectivity index (χ4v) is 6.55. The van der Waals surface area contributed by atoms with Crippen LogP contribution in [0.3, 0.4) is 0 Å². The van der Waals surface area contributed by atoms with Crippen LogP contribution in [0, 0.1) is 20.2 Å². The summed E-state index contributed by atoms with van der Waals surface area (Å²) in [7, 11) is 1.49. The van der Waals surface area contributed by atoms with E-state index in [0.717, 1.165) is 22.7 Å². The minimum atomic E-state index is -1.82. The molecule has 208 valence electrons. The molecule has 2 unspecified atom stereocenters. The summed E-state index contributed by atoms with van der Waals surface area (Å²) in [4.78, 5) is 81.5. The van der Waals surface area contributed by atoms with Gasteiger partial charge in [-0.15, -0.1) is 21.9 Å². The number of carbonyl (C=O) groups is 4. The van der Waals surface area contributed by atoms with Crippen molar-refractivity contribution in [3.8, 4) is 5.75 Å². The molecule has 2 fully saturated rings. The van der Waals surface area contributed by atoms with Crippen LogP contribution in [0.4, 0.5) is 5.69 Å². The van der Waals surface area contributed by atoms with E-state index in [1.165, 1.54) is 26.2 Å². The van der Waals surface area contributed by atoms with Gasteiger partial charge in [0.15, 0.2) is 11.6 Å². The molecule has 3 amide bonds. The molecule has 2 saturated heterocycles. The number of benzene rings is 2. The van der Waals surface area contributed by atoms with Gasteiger partial charge >= 0.3 is 5.97 Å². The first kappa shape index (κ1) is 26.9. The highest BCUT2D eigenvalue weighted by Gasteiger charge is 2.66. The highest BCUT2D eigenvalue weighted by atomic mass is 32.2. The molecule has 0 saturated carbocycles. The van der Waals surface area contributed by atoms with Crippen molar-refractivity contribution < 1.29 is 43.5 Å². The Kier molecular flexibility index (Phi) is 6.57. The summed E-state index contributed by atoms with van der Waals surface area (Å²) in [6.45, 7) is 1.06. The van der Waals surface area contributed by atoms with Gasteiger partial charge in [0.2, 0.25) is 0 Å². The lowest BCUT2D eigenvalue weighted by Crippen LogP contribution is -2.79. The van der Waals surface area contributed by atoms with E-state index in [9.17, 15) is 39.4 Å². The molecule has 16 heteroatoms. The Morgan fingerprint density at radius 3 is 2.42 bits per heavy atom. The largest absolute Gasteiger partial charge is 0.497 e. The standard InChI is InChI=1S/C24H20N4O11S/c1-24(39-28(35)36)11-40-22-17(25-19(29)14-4-3-5-15(27(33)34)16(14)20(25)30)21(31)26(22)18(24)23(32)38-10-12-6-8-13(37-2)9-7-12/h3-9,17-18,22H,10-11H2,1-2H3/t17?,18?,22-,24+/m0/s1. The number of nitro groups is 1. The van der Waals surface area contributed by atoms with Gasteiger partial charge in [-0.05, 0) is 30.7 Å². The van der Waals surface area contributed by atoms with E-state index < -0.39 is 68.0 Å². The van der Waals surface area contributed by atoms with Crippen LogP contribution in [-0.4, -0.2) is 79.4 Å². The summed E-state index contributed by atoms with van der Waals surface area (Å²) in [5.74, 6) is -3.36. The third kappa shape index (κ3) is 4.16. The molecule has 0 spiro atoms. The maximum absolute atomic E-state index is 13.5. The fourth-order valence-electron chi connectivity index (χ4n) is 5.03. The van der Waals surface area contributed by atoms with Crippen LogP contribution in [0.25, 0.3) is 0 Å². The molecular formula is C24H20N4O11S. The fraction of sp³-hybridized carbons (Fsp3) is 0.333. The van der Waals surface area contributed by atoms with Gasteiger partial charge in [-0.3, -0.25) is 29.4 Å².